The summed E-state index contributed by atoms with van der Waals surface area (Å²) in [5.74, 6) is 0.557. The highest BCUT2D eigenvalue weighted by molar-refractivity contribution is 5.11. The molecule has 1 aromatic rings. The number of aromatic nitrogens is 2. The summed E-state index contributed by atoms with van der Waals surface area (Å²) in [5.41, 5.74) is 0. The van der Waals surface area contributed by atoms with E-state index in [9.17, 15) is 0 Å². The summed E-state index contributed by atoms with van der Waals surface area (Å²) < 4.78 is 10.7. The maximum atomic E-state index is 5.40. The molecule has 0 aliphatic rings. The van der Waals surface area contributed by atoms with E-state index in [0.717, 1.165) is 6.42 Å². The molecule has 0 aliphatic heterocycles. The Labute approximate surface area is 84.3 Å². The number of nitrogens with zero attached hydrogens (tertiary/aromatic N) is 2. The number of ether oxygens (including phenoxy) is 2. The highest BCUT2D eigenvalue weighted by atomic mass is 16.5. The summed E-state index contributed by atoms with van der Waals surface area (Å²) in [5, 5.41) is 0. The van der Waals surface area contributed by atoms with E-state index < -0.39 is 0 Å². The summed E-state index contributed by atoms with van der Waals surface area (Å²) in [6.07, 6.45) is 2.69. The lowest BCUT2D eigenvalue weighted by Crippen LogP contribution is -2.08. The van der Waals surface area contributed by atoms with Crippen LogP contribution in [-0.2, 0) is 0 Å². The second-order valence-corrected chi connectivity index (χ2v) is 3.19. The fraction of sp³-hybridized carbons (Fsp3) is 0.600. The Balaban J connectivity index is 2.59. The zero-order valence-electron chi connectivity index (χ0n) is 8.86. The smallest absolute Gasteiger partial charge is 0.319 e. The summed E-state index contributed by atoms with van der Waals surface area (Å²) in [7, 11) is 0. The van der Waals surface area contributed by atoms with Crippen molar-refractivity contribution in [1.82, 2.24) is 9.97 Å². The third-order valence-corrected chi connectivity index (χ3v) is 1.40. The van der Waals surface area contributed by atoms with E-state index in [-0.39, 0.29) is 6.10 Å². The molecule has 0 saturated carbocycles. The van der Waals surface area contributed by atoms with Crippen LogP contribution in [0.4, 0.5) is 0 Å². The Bertz CT molecular complexity index is 277. The molecule has 0 aliphatic carbocycles. The van der Waals surface area contributed by atoms with E-state index in [0.29, 0.717) is 18.5 Å². The lowest BCUT2D eigenvalue weighted by atomic mass is 10.5. The Hall–Kier alpha value is -1.32. The van der Waals surface area contributed by atoms with Gasteiger partial charge in [0.25, 0.3) is 0 Å². The molecule has 0 atom stereocenters. The maximum Gasteiger partial charge on any atom is 0.319 e. The minimum Gasteiger partial charge on any atom is -0.475 e. The third-order valence-electron chi connectivity index (χ3n) is 1.40. The van der Waals surface area contributed by atoms with Crippen LogP contribution in [0, 0.1) is 0 Å². The number of hydrogen-bond donors (Lipinski definition) is 0. The Morgan fingerprint density at radius 3 is 2.86 bits per heavy atom. The second-order valence-electron chi connectivity index (χ2n) is 3.19. The largest absolute Gasteiger partial charge is 0.475 e. The standard InChI is InChI=1S/C10H16N2O2/c1-4-7-13-10-11-6-5-9(12-10)14-8(2)3/h5-6,8H,4,7H2,1-3H3. The minimum absolute atomic E-state index is 0.115. The van der Waals surface area contributed by atoms with Crippen LogP contribution in [0.3, 0.4) is 0 Å². The van der Waals surface area contributed by atoms with Gasteiger partial charge in [0.2, 0.25) is 5.88 Å². The van der Waals surface area contributed by atoms with E-state index in [2.05, 4.69) is 9.97 Å². The van der Waals surface area contributed by atoms with Gasteiger partial charge in [-0.2, -0.15) is 4.98 Å². The first kappa shape index (κ1) is 10.8. The average Bonchev–Trinajstić information content (AvgIpc) is 2.14. The first-order valence-corrected chi connectivity index (χ1v) is 4.85. The minimum atomic E-state index is 0.115. The fourth-order valence-corrected chi connectivity index (χ4v) is 0.895. The van der Waals surface area contributed by atoms with Crippen LogP contribution in [0.2, 0.25) is 0 Å². The number of hydrogen-bond acceptors (Lipinski definition) is 4. The predicted molar refractivity (Wildman–Crippen MR) is 53.6 cm³/mol. The summed E-state index contributed by atoms with van der Waals surface area (Å²) >= 11 is 0. The molecule has 0 amide bonds. The molecule has 14 heavy (non-hydrogen) atoms. The predicted octanol–water partition coefficient (Wildman–Crippen LogP) is 2.05. The van der Waals surface area contributed by atoms with E-state index >= 15 is 0 Å². The third kappa shape index (κ3) is 3.60. The van der Waals surface area contributed by atoms with Crippen LogP contribution in [-0.4, -0.2) is 22.7 Å². The van der Waals surface area contributed by atoms with Gasteiger partial charge in [0.15, 0.2) is 0 Å². The fourth-order valence-electron chi connectivity index (χ4n) is 0.895. The van der Waals surface area contributed by atoms with E-state index in [1.165, 1.54) is 0 Å². The zero-order chi connectivity index (χ0) is 10.4. The van der Waals surface area contributed by atoms with Crippen molar-refractivity contribution in [3.63, 3.8) is 0 Å². The molecule has 0 spiro atoms. The highest BCUT2D eigenvalue weighted by Crippen LogP contribution is 2.11. The van der Waals surface area contributed by atoms with E-state index in [1.54, 1.807) is 12.3 Å². The van der Waals surface area contributed by atoms with Gasteiger partial charge in [0, 0.05) is 12.3 Å². The summed E-state index contributed by atoms with van der Waals surface area (Å²) in [4.78, 5) is 8.07. The summed E-state index contributed by atoms with van der Waals surface area (Å²) in [6, 6.07) is 2.10. The normalized spacial score (nSPS) is 10.3. The monoisotopic (exact) mass is 196 g/mol. The van der Waals surface area contributed by atoms with Crippen molar-refractivity contribution >= 4 is 0 Å². The van der Waals surface area contributed by atoms with Crippen LogP contribution in [0.15, 0.2) is 12.3 Å². The average molecular weight is 196 g/mol. The zero-order valence-corrected chi connectivity index (χ0v) is 8.86. The molecule has 4 heteroatoms. The quantitative estimate of drug-likeness (QED) is 0.723. The molecule has 0 radical (unpaired) electrons. The SMILES string of the molecule is CCCOc1nccc(OC(C)C)n1. The van der Waals surface area contributed by atoms with Gasteiger partial charge in [-0.3, -0.25) is 0 Å². The van der Waals surface area contributed by atoms with Gasteiger partial charge in [0.05, 0.1) is 12.7 Å². The summed E-state index contributed by atoms with van der Waals surface area (Å²) in [6.45, 7) is 6.57. The highest BCUT2D eigenvalue weighted by Gasteiger charge is 2.02. The van der Waals surface area contributed by atoms with Crippen molar-refractivity contribution in [2.75, 3.05) is 6.61 Å². The molecule has 0 fully saturated rings. The lowest BCUT2D eigenvalue weighted by molar-refractivity contribution is 0.223. The molecule has 1 heterocycles. The molecule has 4 nitrogen and oxygen atoms in total. The maximum absolute atomic E-state index is 5.40. The van der Waals surface area contributed by atoms with Gasteiger partial charge in [-0.05, 0) is 20.3 Å². The van der Waals surface area contributed by atoms with Crippen molar-refractivity contribution < 1.29 is 9.47 Å². The topological polar surface area (TPSA) is 44.2 Å². The molecular formula is C10H16N2O2. The van der Waals surface area contributed by atoms with Gasteiger partial charge < -0.3 is 9.47 Å². The van der Waals surface area contributed by atoms with E-state index in [1.807, 2.05) is 20.8 Å². The molecule has 0 unspecified atom stereocenters. The van der Waals surface area contributed by atoms with Crippen LogP contribution < -0.4 is 9.47 Å². The van der Waals surface area contributed by atoms with Crippen molar-refractivity contribution in [3.8, 4) is 11.9 Å². The van der Waals surface area contributed by atoms with Crippen molar-refractivity contribution in [3.05, 3.63) is 12.3 Å². The lowest BCUT2D eigenvalue weighted by Gasteiger charge is -2.09. The molecule has 0 bridgehead atoms. The van der Waals surface area contributed by atoms with Gasteiger partial charge in [-0.1, -0.05) is 6.92 Å². The molecule has 78 valence electrons. The van der Waals surface area contributed by atoms with Crippen LogP contribution in [0.25, 0.3) is 0 Å². The Kier molecular flexibility index (Phi) is 4.16. The molecule has 0 N–H and O–H groups in total. The van der Waals surface area contributed by atoms with Gasteiger partial charge >= 0.3 is 6.01 Å². The van der Waals surface area contributed by atoms with Gasteiger partial charge in [-0.15, -0.1) is 0 Å². The van der Waals surface area contributed by atoms with Crippen LogP contribution in [0.1, 0.15) is 27.2 Å². The first-order chi connectivity index (χ1) is 6.72. The first-order valence-electron chi connectivity index (χ1n) is 4.85. The van der Waals surface area contributed by atoms with Crippen LogP contribution in [0.5, 0.6) is 11.9 Å². The molecule has 1 aromatic heterocycles. The van der Waals surface area contributed by atoms with Crippen molar-refractivity contribution in [2.45, 2.75) is 33.3 Å². The van der Waals surface area contributed by atoms with E-state index in [4.69, 9.17) is 9.47 Å². The van der Waals surface area contributed by atoms with Crippen molar-refractivity contribution in [2.24, 2.45) is 0 Å². The molecule has 0 aromatic carbocycles. The van der Waals surface area contributed by atoms with Gasteiger partial charge in [0.1, 0.15) is 0 Å². The van der Waals surface area contributed by atoms with Crippen LogP contribution >= 0.6 is 0 Å². The Morgan fingerprint density at radius 2 is 2.21 bits per heavy atom. The molecule has 0 saturated heterocycles. The molecule has 1 rings (SSSR count). The molecular weight excluding hydrogens is 180 g/mol. The Morgan fingerprint density at radius 1 is 1.43 bits per heavy atom. The van der Waals surface area contributed by atoms with Crippen molar-refractivity contribution in [1.29, 1.82) is 0 Å². The second kappa shape index (κ2) is 5.42. The number of rotatable bonds is 5. The van der Waals surface area contributed by atoms with Gasteiger partial charge in [-0.25, -0.2) is 4.98 Å².